The number of aromatic carboxylic acids is 1. The number of carboxylic acids is 1. The SMILES string of the molecule is O=C(Nc1ccc(O)c(C(=O)O)c1)c1ccnc(F)c1. The first-order valence-corrected chi connectivity index (χ1v) is 5.46. The van der Waals surface area contributed by atoms with Crippen LogP contribution in [0.4, 0.5) is 10.1 Å². The minimum atomic E-state index is -1.33. The molecule has 0 atom stereocenters. The molecule has 3 N–H and O–H groups in total. The molecule has 1 aromatic heterocycles. The van der Waals surface area contributed by atoms with Crippen molar-refractivity contribution in [1.29, 1.82) is 0 Å². The van der Waals surface area contributed by atoms with Crippen LogP contribution in [0.15, 0.2) is 36.5 Å². The van der Waals surface area contributed by atoms with E-state index < -0.39 is 23.6 Å². The van der Waals surface area contributed by atoms with Gasteiger partial charge in [-0.05, 0) is 24.3 Å². The molecule has 0 aliphatic carbocycles. The average molecular weight is 276 g/mol. The number of benzene rings is 1. The lowest BCUT2D eigenvalue weighted by Gasteiger charge is -2.07. The van der Waals surface area contributed by atoms with Gasteiger partial charge in [-0.25, -0.2) is 9.78 Å². The maximum atomic E-state index is 12.9. The molecule has 0 spiro atoms. The third kappa shape index (κ3) is 2.89. The molecule has 0 saturated carbocycles. The van der Waals surface area contributed by atoms with Crippen LogP contribution in [0.5, 0.6) is 5.75 Å². The first kappa shape index (κ1) is 13.5. The Bertz CT molecular complexity index is 688. The number of aromatic nitrogens is 1. The van der Waals surface area contributed by atoms with Crippen LogP contribution in [0.25, 0.3) is 0 Å². The van der Waals surface area contributed by atoms with Crippen LogP contribution in [-0.4, -0.2) is 27.1 Å². The monoisotopic (exact) mass is 276 g/mol. The Morgan fingerprint density at radius 3 is 2.60 bits per heavy atom. The fourth-order valence-corrected chi connectivity index (χ4v) is 1.53. The second kappa shape index (κ2) is 5.35. The molecule has 0 saturated heterocycles. The molecule has 0 fully saturated rings. The van der Waals surface area contributed by atoms with Crippen LogP contribution in [0, 0.1) is 5.95 Å². The number of pyridine rings is 1. The normalized spacial score (nSPS) is 10.1. The molecule has 0 bridgehead atoms. The number of carbonyl (C=O) groups is 2. The zero-order chi connectivity index (χ0) is 14.7. The number of hydrogen-bond acceptors (Lipinski definition) is 4. The van der Waals surface area contributed by atoms with E-state index >= 15 is 0 Å². The van der Waals surface area contributed by atoms with Gasteiger partial charge in [-0.1, -0.05) is 0 Å². The van der Waals surface area contributed by atoms with E-state index in [-0.39, 0.29) is 16.8 Å². The third-order valence-corrected chi connectivity index (χ3v) is 2.47. The van der Waals surface area contributed by atoms with E-state index in [2.05, 4.69) is 10.3 Å². The lowest BCUT2D eigenvalue weighted by Crippen LogP contribution is -2.13. The Morgan fingerprint density at radius 2 is 1.95 bits per heavy atom. The molecule has 1 aromatic carbocycles. The molecular weight excluding hydrogens is 267 g/mol. The second-order valence-electron chi connectivity index (χ2n) is 3.86. The molecule has 2 aromatic rings. The number of nitrogens with one attached hydrogen (secondary N) is 1. The number of carbonyl (C=O) groups excluding carboxylic acids is 1. The molecule has 20 heavy (non-hydrogen) atoms. The van der Waals surface area contributed by atoms with Crippen LogP contribution in [0.3, 0.4) is 0 Å². The minimum absolute atomic E-state index is 0.0439. The quantitative estimate of drug-likeness (QED) is 0.587. The summed E-state index contributed by atoms with van der Waals surface area (Å²) in [5, 5.41) is 20.6. The standard InChI is InChI=1S/C13H9FN2O4/c14-11-5-7(3-4-15-11)12(18)16-8-1-2-10(17)9(6-8)13(19)20/h1-6,17H,(H,16,18)(H,19,20). The van der Waals surface area contributed by atoms with E-state index in [1.54, 1.807) is 0 Å². The van der Waals surface area contributed by atoms with Crippen LogP contribution < -0.4 is 5.32 Å². The molecule has 0 unspecified atom stereocenters. The summed E-state index contributed by atoms with van der Waals surface area (Å²) in [4.78, 5) is 26.0. The molecule has 1 amide bonds. The predicted octanol–water partition coefficient (Wildman–Crippen LogP) is 1.88. The second-order valence-corrected chi connectivity index (χ2v) is 3.86. The lowest BCUT2D eigenvalue weighted by molar-refractivity contribution is 0.0693. The van der Waals surface area contributed by atoms with Gasteiger partial charge in [-0.2, -0.15) is 4.39 Å². The summed E-state index contributed by atoms with van der Waals surface area (Å²) in [6, 6.07) is 5.85. The van der Waals surface area contributed by atoms with Gasteiger partial charge in [0.15, 0.2) is 0 Å². The number of carboxylic acid groups (broad SMARTS) is 1. The van der Waals surface area contributed by atoms with Gasteiger partial charge in [0.2, 0.25) is 5.95 Å². The Balaban J connectivity index is 2.24. The van der Waals surface area contributed by atoms with Crippen molar-refractivity contribution in [3.8, 4) is 5.75 Å². The largest absolute Gasteiger partial charge is 0.507 e. The van der Waals surface area contributed by atoms with E-state index in [9.17, 15) is 19.1 Å². The summed E-state index contributed by atoms with van der Waals surface area (Å²) < 4.78 is 12.9. The highest BCUT2D eigenvalue weighted by Crippen LogP contribution is 2.21. The summed E-state index contributed by atoms with van der Waals surface area (Å²) >= 11 is 0. The smallest absolute Gasteiger partial charge is 0.339 e. The summed E-state index contributed by atoms with van der Waals surface area (Å²) in [6.07, 6.45) is 1.14. The van der Waals surface area contributed by atoms with Crippen LogP contribution >= 0.6 is 0 Å². The Kier molecular flexibility index (Phi) is 3.60. The van der Waals surface area contributed by atoms with E-state index in [0.717, 1.165) is 24.4 Å². The highest BCUT2D eigenvalue weighted by atomic mass is 19.1. The zero-order valence-corrected chi connectivity index (χ0v) is 10.0. The van der Waals surface area contributed by atoms with Gasteiger partial charge in [0.1, 0.15) is 11.3 Å². The fourth-order valence-electron chi connectivity index (χ4n) is 1.53. The van der Waals surface area contributed by atoms with Crippen molar-refractivity contribution in [2.24, 2.45) is 0 Å². The summed E-state index contributed by atoms with van der Waals surface area (Å²) in [5.41, 5.74) is -0.131. The van der Waals surface area contributed by atoms with Gasteiger partial charge in [0.05, 0.1) is 0 Å². The predicted molar refractivity (Wildman–Crippen MR) is 67.2 cm³/mol. The summed E-state index contributed by atoms with van der Waals surface area (Å²) in [5.74, 6) is -3.15. The van der Waals surface area contributed by atoms with Crippen molar-refractivity contribution >= 4 is 17.6 Å². The highest BCUT2D eigenvalue weighted by Gasteiger charge is 2.12. The molecule has 1 heterocycles. The van der Waals surface area contributed by atoms with Gasteiger partial charge >= 0.3 is 5.97 Å². The number of aromatic hydroxyl groups is 1. The average Bonchev–Trinajstić information content (AvgIpc) is 2.40. The van der Waals surface area contributed by atoms with Crippen LogP contribution in [0.1, 0.15) is 20.7 Å². The van der Waals surface area contributed by atoms with Crippen molar-refractivity contribution in [1.82, 2.24) is 4.98 Å². The van der Waals surface area contributed by atoms with Crippen LogP contribution in [-0.2, 0) is 0 Å². The van der Waals surface area contributed by atoms with Crippen molar-refractivity contribution in [3.63, 3.8) is 0 Å². The Labute approximate surface area is 112 Å². The summed E-state index contributed by atoms with van der Waals surface area (Å²) in [6.45, 7) is 0. The highest BCUT2D eigenvalue weighted by molar-refractivity contribution is 6.05. The molecule has 102 valence electrons. The molecule has 0 radical (unpaired) electrons. The maximum Gasteiger partial charge on any atom is 0.339 e. The Hall–Kier alpha value is -2.96. The molecule has 0 aliphatic rings. The maximum absolute atomic E-state index is 12.9. The third-order valence-electron chi connectivity index (χ3n) is 2.47. The van der Waals surface area contributed by atoms with E-state index in [1.165, 1.54) is 12.1 Å². The first-order valence-electron chi connectivity index (χ1n) is 5.46. The Morgan fingerprint density at radius 1 is 1.20 bits per heavy atom. The van der Waals surface area contributed by atoms with Gasteiger partial charge in [0.25, 0.3) is 5.91 Å². The number of phenols is 1. The molecular formula is C13H9FN2O4. The van der Waals surface area contributed by atoms with Gasteiger partial charge in [0, 0.05) is 23.5 Å². The number of halogens is 1. The zero-order valence-electron chi connectivity index (χ0n) is 10.0. The molecule has 7 heteroatoms. The van der Waals surface area contributed by atoms with E-state index in [4.69, 9.17) is 5.11 Å². The van der Waals surface area contributed by atoms with Crippen molar-refractivity contribution < 1.29 is 24.2 Å². The number of hydrogen-bond donors (Lipinski definition) is 3. The summed E-state index contributed by atoms with van der Waals surface area (Å²) in [7, 11) is 0. The van der Waals surface area contributed by atoms with E-state index in [1.807, 2.05) is 0 Å². The molecule has 6 nitrogen and oxygen atoms in total. The van der Waals surface area contributed by atoms with Crippen LogP contribution in [0.2, 0.25) is 0 Å². The minimum Gasteiger partial charge on any atom is -0.507 e. The van der Waals surface area contributed by atoms with Gasteiger partial charge in [-0.3, -0.25) is 4.79 Å². The van der Waals surface area contributed by atoms with E-state index in [0.29, 0.717) is 0 Å². The fraction of sp³-hybridized carbons (Fsp3) is 0. The van der Waals surface area contributed by atoms with Crippen molar-refractivity contribution in [2.45, 2.75) is 0 Å². The number of rotatable bonds is 3. The van der Waals surface area contributed by atoms with Crippen molar-refractivity contribution in [2.75, 3.05) is 5.32 Å². The number of amides is 1. The first-order chi connectivity index (χ1) is 9.47. The molecule has 0 aliphatic heterocycles. The molecule has 2 rings (SSSR count). The number of nitrogens with zero attached hydrogens (tertiary/aromatic N) is 1. The number of anilines is 1. The van der Waals surface area contributed by atoms with Gasteiger partial charge < -0.3 is 15.5 Å². The van der Waals surface area contributed by atoms with Crippen molar-refractivity contribution in [3.05, 3.63) is 53.6 Å². The lowest BCUT2D eigenvalue weighted by atomic mass is 10.1. The van der Waals surface area contributed by atoms with Gasteiger partial charge in [-0.15, -0.1) is 0 Å². The topological polar surface area (TPSA) is 99.5 Å².